The summed E-state index contributed by atoms with van der Waals surface area (Å²) in [5, 5.41) is 2.46. The van der Waals surface area contributed by atoms with Crippen LogP contribution < -0.4 is 9.47 Å². The van der Waals surface area contributed by atoms with Crippen LogP contribution in [0.15, 0.2) is 36.4 Å². The lowest BCUT2D eigenvalue weighted by Crippen LogP contribution is -2.15. The van der Waals surface area contributed by atoms with Gasteiger partial charge in [0.1, 0.15) is 11.5 Å². The fourth-order valence-electron chi connectivity index (χ4n) is 3.56. The number of nitrogens with zero attached hydrogens (tertiary/aromatic N) is 3. The molecule has 0 fully saturated rings. The summed E-state index contributed by atoms with van der Waals surface area (Å²) in [6.07, 6.45) is 2.03. The van der Waals surface area contributed by atoms with E-state index in [0.29, 0.717) is 0 Å². The molecule has 0 N–H and O–H groups in total. The van der Waals surface area contributed by atoms with E-state index in [1.807, 2.05) is 0 Å². The lowest BCUT2D eigenvalue weighted by Gasteiger charge is -2.12. The van der Waals surface area contributed by atoms with Gasteiger partial charge in [0.15, 0.2) is 0 Å². The summed E-state index contributed by atoms with van der Waals surface area (Å²) in [4.78, 5) is 4.36. The van der Waals surface area contributed by atoms with Crippen molar-refractivity contribution in [1.82, 2.24) is 14.4 Å². The van der Waals surface area contributed by atoms with E-state index in [0.717, 1.165) is 56.2 Å². The minimum Gasteiger partial charge on any atom is -0.493 e. The van der Waals surface area contributed by atoms with Crippen LogP contribution in [0.2, 0.25) is 0 Å². The van der Waals surface area contributed by atoms with Crippen LogP contribution in [-0.4, -0.2) is 68.9 Å². The lowest BCUT2D eigenvalue weighted by molar-refractivity contribution is 0.282. The van der Waals surface area contributed by atoms with E-state index in [1.165, 1.54) is 16.3 Å². The van der Waals surface area contributed by atoms with Crippen LogP contribution in [-0.2, 0) is 7.05 Å². The van der Waals surface area contributed by atoms with Gasteiger partial charge in [0.2, 0.25) is 0 Å². The Hall–Kier alpha value is -2.24. The number of ether oxygens (including phenoxy) is 2. The smallest absolute Gasteiger partial charge is 0.143 e. The van der Waals surface area contributed by atoms with Crippen LogP contribution in [0, 0.1) is 0 Å². The van der Waals surface area contributed by atoms with Gasteiger partial charge >= 0.3 is 0 Å². The first-order valence-corrected chi connectivity index (χ1v) is 10.0. The molecule has 0 amide bonds. The summed E-state index contributed by atoms with van der Waals surface area (Å²) < 4.78 is 14.3. The third kappa shape index (κ3) is 4.78. The molecule has 0 bridgehead atoms. The Labute approximate surface area is 168 Å². The number of fused-ring (bicyclic) bond motifs is 3. The summed E-state index contributed by atoms with van der Waals surface area (Å²) in [7, 11) is 10.5. The average Bonchev–Trinajstić information content (AvgIpc) is 2.95. The Kier molecular flexibility index (Phi) is 6.81. The molecule has 1 aromatic heterocycles. The first-order valence-electron chi connectivity index (χ1n) is 10.0. The van der Waals surface area contributed by atoms with Gasteiger partial charge in [-0.15, -0.1) is 0 Å². The van der Waals surface area contributed by atoms with Crippen molar-refractivity contribution in [2.75, 3.05) is 54.5 Å². The molecule has 0 spiro atoms. The van der Waals surface area contributed by atoms with Gasteiger partial charge in [-0.1, -0.05) is 12.1 Å². The van der Waals surface area contributed by atoms with Crippen LogP contribution >= 0.6 is 0 Å². The van der Waals surface area contributed by atoms with Gasteiger partial charge in [0, 0.05) is 37.0 Å². The molecule has 1 heterocycles. The maximum absolute atomic E-state index is 6.13. The van der Waals surface area contributed by atoms with Crippen LogP contribution in [0.5, 0.6) is 11.5 Å². The highest BCUT2D eigenvalue weighted by atomic mass is 16.5. The molecule has 0 atom stereocenters. The number of hydrogen-bond donors (Lipinski definition) is 0. The van der Waals surface area contributed by atoms with Gasteiger partial charge in [-0.25, -0.2) is 0 Å². The van der Waals surface area contributed by atoms with Crippen molar-refractivity contribution in [3.8, 4) is 11.5 Å². The van der Waals surface area contributed by atoms with Crippen molar-refractivity contribution in [1.29, 1.82) is 0 Å². The van der Waals surface area contributed by atoms with Crippen LogP contribution in [0.4, 0.5) is 0 Å². The highest BCUT2D eigenvalue weighted by Gasteiger charge is 2.13. The standard InChI is InChI=1S/C23H33N3O2/c1-24(2)13-7-15-27-18-11-12-19-20-9-6-10-22(28-16-8-14-25(3)4)23(20)26(5)21(19)17-18/h6,9-12,17H,7-8,13-16H2,1-5H3. The Balaban J connectivity index is 1.81. The summed E-state index contributed by atoms with van der Waals surface area (Å²) >= 11 is 0. The monoisotopic (exact) mass is 383 g/mol. The molecule has 0 unspecified atom stereocenters. The Morgan fingerprint density at radius 3 is 2.18 bits per heavy atom. The Morgan fingerprint density at radius 1 is 0.821 bits per heavy atom. The molecule has 5 nitrogen and oxygen atoms in total. The van der Waals surface area contributed by atoms with Gasteiger partial charge in [-0.2, -0.15) is 0 Å². The molecule has 2 aromatic carbocycles. The summed E-state index contributed by atoms with van der Waals surface area (Å²) in [5.74, 6) is 1.87. The number of aryl methyl sites for hydroxylation is 1. The maximum atomic E-state index is 6.13. The number of para-hydroxylation sites is 1. The second kappa shape index (κ2) is 9.30. The molecule has 0 saturated carbocycles. The molecule has 3 rings (SSSR count). The maximum Gasteiger partial charge on any atom is 0.143 e. The van der Waals surface area contributed by atoms with Gasteiger partial charge in [0.25, 0.3) is 0 Å². The minimum atomic E-state index is 0.721. The van der Waals surface area contributed by atoms with Gasteiger partial charge in [-0.3, -0.25) is 0 Å². The Bertz CT molecular complexity index is 915. The molecule has 152 valence electrons. The minimum absolute atomic E-state index is 0.721. The highest BCUT2D eigenvalue weighted by molar-refractivity contribution is 6.10. The van der Waals surface area contributed by atoms with Crippen LogP contribution in [0.1, 0.15) is 12.8 Å². The van der Waals surface area contributed by atoms with Gasteiger partial charge in [0.05, 0.1) is 24.2 Å². The number of benzene rings is 2. The summed E-state index contributed by atoms with van der Waals surface area (Å²) in [6.45, 7) is 3.51. The lowest BCUT2D eigenvalue weighted by atomic mass is 10.1. The molecular weight excluding hydrogens is 350 g/mol. The predicted octanol–water partition coefficient (Wildman–Crippen LogP) is 3.99. The Morgan fingerprint density at radius 2 is 1.50 bits per heavy atom. The van der Waals surface area contributed by atoms with E-state index in [9.17, 15) is 0 Å². The van der Waals surface area contributed by atoms with E-state index in [2.05, 4.69) is 86.0 Å². The molecule has 0 radical (unpaired) electrons. The molecule has 0 aliphatic heterocycles. The first-order chi connectivity index (χ1) is 13.5. The fraction of sp³-hybridized carbons (Fsp3) is 0.478. The second-order valence-electron chi connectivity index (χ2n) is 7.90. The summed E-state index contributed by atoms with van der Waals surface area (Å²) in [6, 6.07) is 12.7. The highest BCUT2D eigenvalue weighted by Crippen LogP contribution is 2.35. The third-order valence-corrected chi connectivity index (χ3v) is 4.98. The summed E-state index contributed by atoms with van der Waals surface area (Å²) in [5.41, 5.74) is 2.32. The van der Waals surface area contributed by atoms with E-state index < -0.39 is 0 Å². The predicted molar refractivity (Wildman–Crippen MR) is 118 cm³/mol. The topological polar surface area (TPSA) is 29.9 Å². The molecular formula is C23H33N3O2. The quantitative estimate of drug-likeness (QED) is 0.495. The third-order valence-electron chi connectivity index (χ3n) is 4.98. The van der Waals surface area contributed by atoms with Crippen molar-refractivity contribution >= 4 is 21.8 Å². The van der Waals surface area contributed by atoms with Crippen LogP contribution in [0.25, 0.3) is 21.8 Å². The normalized spacial score (nSPS) is 11.8. The fourth-order valence-corrected chi connectivity index (χ4v) is 3.56. The average molecular weight is 384 g/mol. The SMILES string of the molecule is CN(C)CCCOc1ccc2c3cccc(OCCCN(C)C)c3n(C)c2c1. The molecule has 28 heavy (non-hydrogen) atoms. The van der Waals surface area contributed by atoms with Crippen molar-refractivity contribution in [2.24, 2.45) is 7.05 Å². The zero-order chi connectivity index (χ0) is 20.1. The number of rotatable bonds is 10. The molecule has 0 saturated heterocycles. The first kappa shape index (κ1) is 20.5. The zero-order valence-corrected chi connectivity index (χ0v) is 17.9. The zero-order valence-electron chi connectivity index (χ0n) is 17.9. The van der Waals surface area contributed by atoms with E-state index in [4.69, 9.17) is 9.47 Å². The van der Waals surface area contributed by atoms with E-state index >= 15 is 0 Å². The largest absolute Gasteiger partial charge is 0.493 e. The molecule has 3 aromatic rings. The molecule has 0 aliphatic carbocycles. The molecule has 0 aliphatic rings. The number of aromatic nitrogens is 1. The van der Waals surface area contributed by atoms with Crippen molar-refractivity contribution in [3.05, 3.63) is 36.4 Å². The number of hydrogen-bond acceptors (Lipinski definition) is 4. The van der Waals surface area contributed by atoms with Gasteiger partial charge < -0.3 is 23.8 Å². The van der Waals surface area contributed by atoms with Crippen LogP contribution in [0.3, 0.4) is 0 Å². The van der Waals surface area contributed by atoms with Crippen molar-refractivity contribution < 1.29 is 9.47 Å². The van der Waals surface area contributed by atoms with Gasteiger partial charge in [-0.05, 0) is 59.2 Å². The van der Waals surface area contributed by atoms with Crippen molar-refractivity contribution in [3.63, 3.8) is 0 Å². The second-order valence-corrected chi connectivity index (χ2v) is 7.90. The van der Waals surface area contributed by atoms with Crippen molar-refractivity contribution in [2.45, 2.75) is 12.8 Å². The molecule has 5 heteroatoms. The van der Waals surface area contributed by atoms with E-state index in [1.54, 1.807) is 0 Å². The van der Waals surface area contributed by atoms with E-state index in [-0.39, 0.29) is 0 Å².